The Bertz CT molecular complexity index is 666. The topological polar surface area (TPSA) is 30.9 Å². The predicted molar refractivity (Wildman–Crippen MR) is 96.0 cm³/mol. The van der Waals surface area contributed by atoms with E-state index in [-0.39, 0.29) is 0 Å². The second-order valence-corrected chi connectivity index (χ2v) is 8.83. The highest BCUT2D eigenvalue weighted by molar-refractivity contribution is 7.15. The van der Waals surface area contributed by atoms with Crippen molar-refractivity contribution in [2.75, 3.05) is 0 Å². The maximum absolute atomic E-state index is 6.14. The number of nitrogens with two attached hydrogens (primary N) is 1. The van der Waals surface area contributed by atoms with Crippen LogP contribution in [0.25, 0.3) is 5.00 Å². The number of hydrogen-bond donors (Lipinski definition) is 1. The highest BCUT2D eigenvalue weighted by Gasteiger charge is 2.32. The van der Waals surface area contributed by atoms with E-state index in [1.165, 1.54) is 41.2 Å². The summed E-state index contributed by atoms with van der Waals surface area (Å²) in [5.41, 5.74) is 12.1. The molecular formula is C19H28N2S. The first kappa shape index (κ1) is 15.8. The summed E-state index contributed by atoms with van der Waals surface area (Å²) in [7, 11) is 0. The largest absolute Gasteiger partial charge is 0.326 e. The first-order valence-corrected chi connectivity index (χ1v) is 9.13. The maximum Gasteiger partial charge on any atom is 0.104 e. The van der Waals surface area contributed by atoms with Gasteiger partial charge in [-0.3, -0.25) is 0 Å². The van der Waals surface area contributed by atoms with Crippen LogP contribution in [-0.4, -0.2) is 4.57 Å². The molecule has 3 heteroatoms. The van der Waals surface area contributed by atoms with Crippen molar-refractivity contribution in [3.63, 3.8) is 0 Å². The van der Waals surface area contributed by atoms with E-state index in [4.69, 9.17) is 5.73 Å². The molecule has 0 fully saturated rings. The molecule has 120 valence electrons. The molecule has 0 saturated carbocycles. The summed E-state index contributed by atoms with van der Waals surface area (Å²) in [5, 5.41) is 1.36. The standard InChI is InChI=1S/C19H28N2S/c1-12-6-7-13(2)21(12)18-16(11-20)15-9-8-14(19(3,4)5)10-17(15)22-18/h6-7,14H,8-11,20H2,1-5H3. The molecule has 1 atom stereocenters. The van der Waals surface area contributed by atoms with Crippen LogP contribution < -0.4 is 5.73 Å². The van der Waals surface area contributed by atoms with Crippen molar-refractivity contribution in [2.45, 2.75) is 60.4 Å². The molecule has 2 nitrogen and oxygen atoms in total. The highest BCUT2D eigenvalue weighted by Crippen LogP contribution is 2.43. The predicted octanol–water partition coefficient (Wildman–Crippen LogP) is 4.77. The first-order chi connectivity index (χ1) is 10.3. The third-order valence-corrected chi connectivity index (χ3v) is 6.54. The van der Waals surface area contributed by atoms with Gasteiger partial charge in [-0.1, -0.05) is 20.8 Å². The molecule has 22 heavy (non-hydrogen) atoms. The number of hydrogen-bond acceptors (Lipinski definition) is 2. The zero-order valence-electron chi connectivity index (χ0n) is 14.5. The second kappa shape index (κ2) is 5.54. The zero-order chi connectivity index (χ0) is 16.1. The average Bonchev–Trinajstić information content (AvgIpc) is 2.96. The fourth-order valence-electron chi connectivity index (χ4n) is 3.76. The molecule has 0 aliphatic heterocycles. The van der Waals surface area contributed by atoms with E-state index in [1.54, 1.807) is 10.4 Å². The van der Waals surface area contributed by atoms with Gasteiger partial charge in [0.05, 0.1) is 0 Å². The highest BCUT2D eigenvalue weighted by atomic mass is 32.1. The van der Waals surface area contributed by atoms with E-state index in [0.717, 1.165) is 5.92 Å². The smallest absolute Gasteiger partial charge is 0.104 e. The Morgan fingerprint density at radius 1 is 1.23 bits per heavy atom. The van der Waals surface area contributed by atoms with Gasteiger partial charge in [-0.05, 0) is 62.1 Å². The van der Waals surface area contributed by atoms with Gasteiger partial charge in [0.1, 0.15) is 5.00 Å². The number of aryl methyl sites for hydroxylation is 2. The SMILES string of the molecule is Cc1ccc(C)n1-c1sc2c(c1CN)CCC(C(C)(C)C)C2. The van der Waals surface area contributed by atoms with Crippen LogP contribution in [0.3, 0.4) is 0 Å². The minimum atomic E-state index is 0.393. The molecule has 1 aliphatic rings. The molecule has 2 aromatic heterocycles. The van der Waals surface area contributed by atoms with E-state index in [2.05, 4.69) is 51.3 Å². The van der Waals surface area contributed by atoms with Crippen molar-refractivity contribution < 1.29 is 0 Å². The van der Waals surface area contributed by atoms with Crippen LogP contribution in [-0.2, 0) is 19.4 Å². The third-order valence-electron chi connectivity index (χ3n) is 5.26. The lowest BCUT2D eigenvalue weighted by molar-refractivity contribution is 0.217. The molecule has 1 aliphatic carbocycles. The number of fused-ring (bicyclic) bond motifs is 1. The normalized spacial score (nSPS) is 18.5. The van der Waals surface area contributed by atoms with Crippen LogP contribution in [0, 0.1) is 25.2 Å². The van der Waals surface area contributed by atoms with Crippen molar-refractivity contribution in [3.05, 3.63) is 39.5 Å². The fourth-order valence-corrected chi connectivity index (χ4v) is 5.33. The number of rotatable bonds is 2. The van der Waals surface area contributed by atoms with Gasteiger partial charge in [-0.25, -0.2) is 0 Å². The summed E-state index contributed by atoms with van der Waals surface area (Å²) < 4.78 is 2.39. The van der Waals surface area contributed by atoms with Gasteiger partial charge in [-0.2, -0.15) is 0 Å². The van der Waals surface area contributed by atoms with Gasteiger partial charge < -0.3 is 10.3 Å². The number of aromatic nitrogens is 1. The number of nitrogens with zero attached hydrogens (tertiary/aromatic N) is 1. The van der Waals surface area contributed by atoms with Crippen molar-refractivity contribution in [2.24, 2.45) is 17.1 Å². The van der Waals surface area contributed by atoms with Gasteiger partial charge in [0, 0.05) is 28.4 Å². The van der Waals surface area contributed by atoms with Crippen molar-refractivity contribution in [3.8, 4) is 5.00 Å². The van der Waals surface area contributed by atoms with Crippen LogP contribution in [0.15, 0.2) is 12.1 Å². The molecule has 0 spiro atoms. The Labute approximate surface area is 138 Å². The van der Waals surface area contributed by atoms with Crippen LogP contribution in [0.1, 0.15) is 54.6 Å². The van der Waals surface area contributed by atoms with Crippen LogP contribution in [0.5, 0.6) is 0 Å². The minimum absolute atomic E-state index is 0.393. The van der Waals surface area contributed by atoms with Gasteiger partial charge >= 0.3 is 0 Å². The zero-order valence-corrected chi connectivity index (χ0v) is 15.3. The second-order valence-electron chi connectivity index (χ2n) is 7.75. The molecule has 0 bridgehead atoms. The Balaban J connectivity index is 2.07. The van der Waals surface area contributed by atoms with Crippen molar-refractivity contribution in [1.29, 1.82) is 0 Å². The summed E-state index contributed by atoms with van der Waals surface area (Å²) in [6.45, 7) is 12.1. The summed E-state index contributed by atoms with van der Waals surface area (Å²) in [6, 6.07) is 4.40. The molecular weight excluding hydrogens is 288 g/mol. The Kier molecular flexibility index (Phi) is 3.98. The van der Waals surface area contributed by atoms with Gasteiger partial charge in [0.2, 0.25) is 0 Å². The van der Waals surface area contributed by atoms with Crippen LogP contribution in [0.2, 0.25) is 0 Å². The molecule has 2 N–H and O–H groups in total. The molecule has 2 aromatic rings. The summed E-state index contributed by atoms with van der Waals surface area (Å²) in [6.07, 6.45) is 3.71. The molecule has 0 aromatic carbocycles. The summed E-state index contributed by atoms with van der Waals surface area (Å²) >= 11 is 1.98. The molecule has 0 amide bonds. The molecule has 0 saturated heterocycles. The van der Waals surface area contributed by atoms with E-state index < -0.39 is 0 Å². The monoisotopic (exact) mass is 316 g/mol. The quantitative estimate of drug-likeness (QED) is 0.850. The van der Waals surface area contributed by atoms with E-state index >= 15 is 0 Å². The Hall–Kier alpha value is -1.06. The van der Waals surface area contributed by atoms with Crippen molar-refractivity contribution >= 4 is 11.3 Å². The fraction of sp³-hybridized carbons (Fsp3) is 0.579. The van der Waals surface area contributed by atoms with E-state index in [0.29, 0.717) is 12.0 Å². The Morgan fingerprint density at radius 2 is 1.86 bits per heavy atom. The maximum atomic E-state index is 6.14. The van der Waals surface area contributed by atoms with E-state index in [9.17, 15) is 0 Å². The molecule has 1 unspecified atom stereocenters. The van der Waals surface area contributed by atoms with Gasteiger partial charge in [0.25, 0.3) is 0 Å². The van der Waals surface area contributed by atoms with Gasteiger partial charge in [0.15, 0.2) is 0 Å². The third kappa shape index (κ3) is 2.55. The molecule has 3 rings (SSSR count). The lowest BCUT2D eigenvalue weighted by Gasteiger charge is -2.34. The Morgan fingerprint density at radius 3 is 2.41 bits per heavy atom. The van der Waals surface area contributed by atoms with Crippen LogP contribution in [0.4, 0.5) is 0 Å². The van der Waals surface area contributed by atoms with E-state index in [1.807, 2.05) is 11.3 Å². The molecule has 2 heterocycles. The lowest BCUT2D eigenvalue weighted by atomic mass is 9.72. The summed E-state index contributed by atoms with van der Waals surface area (Å²) in [4.78, 5) is 1.58. The minimum Gasteiger partial charge on any atom is -0.326 e. The number of thiophene rings is 1. The van der Waals surface area contributed by atoms with Crippen molar-refractivity contribution in [1.82, 2.24) is 4.57 Å². The lowest BCUT2D eigenvalue weighted by Crippen LogP contribution is -2.26. The average molecular weight is 317 g/mol. The first-order valence-electron chi connectivity index (χ1n) is 8.31. The summed E-state index contributed by atoms with van der Waals surface area (Å²) in [5.74, 6) is 0.781. The molecule has 0 radical (unpaired) electrons. The van der Waals surface area contributed by atoms with Crippen LogP contribution >= 0.6 is 11.3 Å². The van der Waals surface area contributed by atoms with Gasteiger partial charge in [-0.15, -0.1) is 11.3 Å².